The van der Waals surface area contributed by atoms with E-state index in [4.69, 9.17) is 9.15 Å². The molecule has 30 heavy (non-hydrogen) atoms. The van der Waals surface area contributed by atoms with Crippen LogP contribution in [0.4, 0.5) is 0 Å². The number of amides is 2. The highest BCUT2D eigenvalue weighted by Crippen LogP contribution is 2.23. The minimum absolute atomic E-state index is 0.0474. The van der Waals surface area contributed by atoms with Crippen molar-refractivity contribution < 1.29 is 18.7 Å². The first-order chi connectivity index (χ1) is 14.6. The number of piperazine rings is 1. The zero-order chi connectivity index (χ0) is 20.9. The minimum atomic E-state index is -0.0474. The molecule has 162 valence electrons. The van der Waals surface area contributed by atoms with Gasteiger partial charge in [0.05, 0.1) is 32.3 Å². The van der Waals surface area contributed by atoms with Crippen molar-refractivity contribution in [2.45, 2.75) is 13.0 Å². The van der Waals surface area contributed by atoms with Crippen LogP contribution in [0.1, 0.15) is 18.7 Å². The molecule has 0 bridgehead atoms. The molecule has 2 amide bonds. The predicted octanol–water partition coefficient (Wildman–Crippen LogP) is 1.09. The van der Waals surface area contributed by atoms with Gasteiger partial charge in [-0.05, 0) is 19.1 Å². The number of morpholine rings is 1. The molecule has 1 atom stereocenters. The molecular formula is C22H30N4O4. The van der Waals surface area contributed by atoms with Gasteiger partial charge in [-0.2, -0.15) is 0 Å². The van der Waals surface area contributed by atoms with Crippen molar-refractivity contribution in [2.75, 3.05) is 65.6 Å². The maximum atomic E-state index is 12.6. The Morgan fingerprint density at radius 2 is 1.70 bits per heavy atom. The van der Waals surface area contributed by atoms with Crippen LogP contribution in [0.2, 0.25) is 0 Å². The molecule has 8 heteroatoms. The van der Waals surface area contributed by atoms with Gasteiger partial charge in [0.15, 0.2) is 0 Å². The number of carbonyl (C=O) groups is 2. The number of carbonyl (C=O) groups excluding carboxylic acids is 2. The standard InChI is InChI=1S/C22H30N4O4/c1-17(20-14-18-4-2-3-5-19(18)30-20)23-15-21(27)25-8-6-24(7-9-25)16-22(28)26-10-12-29-13-11-26/h2-5,14,17,23H,6-13,15-16H2,1H3. The molecule has 2 aromatic rings. The Labute approximate surface area is 176 Å². The highest BCUT2D eigenvalue weighted by Gasteiger charge is 2.25. The summed E-state index contributed by atoms with van der Waals surface area (Å²) < 4.78 is 11.2. The summed E-state index contributed by atoms with van der Waals surface area (Å²) in [6, 6.07) is 9.86. The Hall–Kier alpha value is -2.42. The van der Waals surface area contributed by atoms with E-state index in [1.54, 1.807) is 0 Å². The molecule has 1 aromatic heterocycles. The lowest BCUT2D eigenvalue weighted by molar-refractivity contribution is -0.137. The molecule has 1 unspecified atom stereocenters. The molecule has 4 rings (SSSR count). The van der Waals surface area contributed by atoms with Crippen LogP contribution in [-0.2, 0) is 14.3 Å². The van der Waals surface area contributed by atoms with E-state index in [-0.39, 0.29) is 24.4 Å². The summed E-state index contributed by atoms with van der Waals surface area (Å²) in [6.45, 7) is 8.02. The fourth-order valence-corrected chi connectivity index (χ4v) is 3.93. The van der Waals surface area contributed by atoms with Crippen molar-refractivity contribution in [2.24, 2.45) is 0 Å². The fraction of sp³-hybridized carbons (Fsp3) is 0.545. The molecule has 0 radical (unpaired) electrons. The molecule has 2 fully saturated rings. The Morgan fingerprint density at radius 1 is 1.00 bits per heavy atom. The van der Waals surface area contributed by atoms with Crippen LogP contribution in [0.5, 0.6) is 0 Å². The number of para-hydroxylation sites is 1. The van der Waals surface area contributed by atoms with E-state index in [1.165, 1.54) is 0 Å². The lowest BCUT2D eigenvalue weighted by Gasteiger charge is -2.36. The third kappa shape index (κ3) is 5.00. The second-order valence-electron chi connectivity index (χ2n) is 7.94. The molecule has 0 aliphatic carbocycles. The average molecular weight is 415 g/mol. The quantitative estimate of drug-likeness (QED) is 0.762. The van der Waals surface area contributed by atoms with Crippen LogP contribution in [0, 0.1) is 0 Å². The molecule has 1 N–H and O–H groups in total. The van der Waals surface area contributed by atoms with E-state index < -0.39 is 0 Å². The Bertz CT molecular complexity index is 836. The van der Waals surface area contributed by atoms with Crippen LogP contribution < -0.4 is 5.32 Å². The van der Waals surface area contributed by atoms with Crippen LogP contribution in [0.15, 0.2) is 34.7 Å². The van der Waals surface area contributed by atoms with Gasteiger partial charge in [0.1, 0.15) is 11.3 Å². The first-order valence-electron chi connectivity index (χ1n) is 10.7. The van der Waals surface area contributed by atoms with Crippen LogP contribution in [0.3, 0.4) is 0 Å². The van der Waals surface area contributed by atoms with Gasteiger partial charge in [0, 0.05) is 44.7 Å². The summed E-state index contributed by atoms with van der Waals surface area (Å²) in [4.78, 5) is 30.9. The summed E-state index contributed by atoms with van der Waals surface area (Å²) in [5.41, 5.74) is 0.857. The number of nitrogens with one attached hydrogen (secondary N) is 1. The van der Waals surface area contributed by atoms with Gasteiger partial charge in [-0.1, -0.05) is 18.2 Å². The number of hydrogen-bond acceptors (Lipinski definition) is 6. The SMILES string of the molecule is CC(NCC(=O)N1CCN(CC(=O)N2CCOCC2)CC1)c1cc2ccccc2o1. The van der Waals surface area contributed by atoms with Crippen molar-refractivity contribution in [3.63, 3.8) is 0 Å². The molecule has 0 saturated carbocycles. The summed E-state index contributed by atoms with van der Waals surface area (Å²) in [7, 11) is 0. The first-order valence-corrected chi connectivity index (χ1v) is 10.7. The van der Waals surface area contributed by atoms with Gasteiger partial charge in [-0.15, -0.1) is 0 Å². The molecule has 2 aliphatic rings. The molecule has 8 nitrogen and oxygen atoms in total. The molecule has 2 saturated heterocycles. The number of ether oxygens (including phenoxy) is 1. The van der Waals surface area contributed by atoms with Gasteiger partial charge < -0.3 is 19.0 Å². The van der Waals surface area contributed by atoms with Crippen LogP contribution in [0.25, 0.3) is 11.0 Å². The van der Waals surface area contributed by atoms with Crippen molar-refractivity contribution in [3.8, 4) is 0 Å². The lowest BCUT2D eigenvalue weighted by Crippen LogP contribution is -2.53. The first kappa shape index (κ1) is 20.8. The summed E-state index contributed by atoms with van der Waals surface area (Å²) in [6.07, 6.45) is 0. The monoisotopic (exact) mass is 414 g/mol. The normalized spacial score (nSPS) is 19.2. The van der Waals surface area contributed by atoms with E-state index in [0.29, 0.717) is 45.9 Å². The highest BCUT2D eigenvalue weighted by molar-refractivity contribution is 5.80. The maximum absolute atomic E-state index is 12.6. The number of nitrogens with zero attached hydrogens (tertiary/aromatic N) is 3. The molecule has 3 heterocycles. The molecule has 2 aliphatic heterocycles. The number of benzene rings is 1. The van der Waals surface area contributed by atoms with E-state index >= 15 is 0 Å². The minimum Gasteiger partial charge on any atom is -0.459 e. The zero-order valence-electron chi connectivity index (χ0n) is 17.5. The van der Waals surface area contributed by atoms with Gasteiger partial charge >= 0.3 is 0 Å². The third-order valence-corrected chi connectivity index (χ3v) is 5.88. The average Bonchev–Trinajstić information content (AvgIpc) is 3.23. The summed E-state index contributed by atoms with van der Waals surface area (Å²) in [5.74, 6) is 1.06. The Morgan fingerprint density at radius 3 is 2.43 bits per heavy atom. The lowest BCUT2D eigenvalue weighted by atomic mass is 10.2. The second-order valence-corrected chi connectivity index (χ2v) is 7.94. The van der Waals surface area contributed by atoms with Crippen molar-refractivity contribution in [1.29, 1.82) is 0 Å². The van der Waals surface area contributed by atoms with Gasteiger partial charge in [-0.25, -0.2) is 0 Å². The van der Waals surface area contributed by atoms with Gasteiger partial charge in [0.2, 0.25) is 11.8 Å². The van der Waals surface area contributed by atoms with Crippen molar-refractivity contribution in [3.05, 3.63) is 36.1 Å². The smallest absolute Gasteiger partial charge is 0.236 e. The van der Waals surface area contributed by atoms with E-state index in [0.717, 1.165) is 29.8 Å². The second kappa shape index (κ2) is 9.59. The largest absolute Gasteiger partial charge is 0.459 e. The topological polar surface area (TPSA) is 78.3 Å². The molecule has 1 aromatic carbocycles. The third-order valence-electron chi connectivity index (χ3n) is 5.88. The Balaban J connectivity index is 1.20. The van der Waals surface area contributed by atoms with E-state index in [1.807, 2.05) is 47.1 Å². The van der Waals surface area contributed by atoms with Crippen LogP contribution in [-0.4, -0.2) is 92.1 Å². The van der Waals surface area contributed by atoms with E-state index in [9.17, 15) is 9.59 Å². The Kier molecular flexibility index (Phi) is 6.66. The van der Waals surface area contributed by atoms with E-state index in [2.05, 4.69) is 10.2 Å². The number of fused-ring (bicyclic) bond motifs is 1. The van der Waals surface area contributed by atoms with Gasteiger partial charge in [0.25, 0.3) is 0 Å². The summed E-state index contributed by atoms with van der Waals surface area (Å²) in [5, 5.41) is 4.34. The van der Waals surface area contributed by atoms with Gasteiger partial charge in [-0.3, -0.25) is 19.8 Å². The number of rotatable bonds is 6. The summed E-state index contributed by atoms with van der Waals surface area (Å²) >= 11 is 0. The predicted molar refractivity (Wildman–Crippen MR) is 113 cm³/mol. The van der Waals surface area contributed by atoms with Crippen LogP contribution >= 0.6 is 0 Å². The molecule has 0 spiro atoms. The maximum Gasteiger partial charge on any atom is 0.236 e. The highest BCUT2D eigenvalue weighted by atomic mass is 16.5. The van der Waals surface area contributed by atoms with Crippen molar-refractivity contribution >= 4 is 22.8 Å². The van der Waals surface area contributed by atoms with Crippen molar-refractivity contribution in [1.82, 2.24) is 20.0 Å². The number of hydrogen-bond donors (Lipinski definition) is 1. The molecular weight excluding hydrogens is 384 g/mol. The zero-order valence-corrected chi connectivity index (χ0v) is 17.5. The fourth-order valence-electron chi connectivity index (χ4n) is 3.93. The number of furan rings is 1.